The number of nitrogens with one attached hydrogen (secondary N) is 1. The number of fused-ring (bicyclic) bond motifs is 1. The third kappa shape index (κ3) is 6.70. The van der Waals surface area contributed by atoms with Gasteiger partial charge in [0.1, 0.15) is 5.82 Å². The van der Waals surface area contributed by atoms with E-state index in [-0.39, 0.29) is 18.1 Å². The van der Waals surface area contributed by atoms with Gasteiger partial charge >= 0.3 is 0 Å². The van der Waals surface area contributed by atoms with E-state index in [1.165, 1.54) is 4.68 Å². The summed E-state index contributed by atoms with van der Waals surface area (Å²) in [4.78, 5) is 30.3. The smallest absolute Gasteiger partial charge is 0.282 e. The van der Waals surface area contributed by atoms with Crippen molar-refractivity contribution >= 4 is 72.2 Å². The van der Waals surface area contributed by atoms with Gasteiger partial charge in [0, 0.05) is 16.6 Å². The summed E-state index contributed by atoms with van der Waals surface area (Å²) in [5, 5.41) is 8.06. The molecular weight excluding hydrogens is 636 g/mol. The monoisotopic (exact) mass is 658 g/mol. The van der Waals surface area contributed by atoms with Crippen molar-refractivity contribution < 1.29 is 9.53 Å². The fourth-order valence-electron chi connectivity index (χ4n) is 3.76. The average Bonchev–Trinajstić information content (AvgIpc) is 2.88. The fraction of sp³-hybridized carbons (Fsp3) is 0.214. The maximum atomic E-state index is 13.3. The van der Waals surface area contributed by atoms with Gasteiger partial charge in [-0.25, -0.2) is 4.98 Å². The summed E-state index contributed by atoms with van der Waals surface area (Å²) in [6.45, 7) is 3.78. The Morgan fingerprint density at radius 3 is 2.71 bits per heavy atom. The van der Waals surface area contributed by atoms with E-state index < -0.39 is 0 Å². The van der Waals surface area contributed by atoms with Crippen LogP contribution >= 0.6 is 43.5 Å². The van der Waals surface area contributed by atoms with Crippen LogP contribution in [0.3, 0.4) is 0 Å². The van der Waals surface area contributed by atoms with Crippen LogP contribution in [0.1, 0.15) is 36.7 Å². The number of anilines is 1. The molecule has 3 aromatic carbocycles. The molecule has 196 valence electrons. The minimum atomic E-state index is -0.303. The van der Waals surface area contributed by atoms with Crippen molar-refractivity contribution in [3.63, 3.8) is 0 Å². The number of carbonyl (C=O) groups is 1. The van der Waals surface area contributed by atoms with Crippen molar-refractivity contribution in [3.8, 4) is 5.75 Å². The summed E-state index contributed by atoms with van der Waals surface area (Å²) in [5.74, 6) is 0.622. The van der Waals surface area contributed by atoms with E-state index in [4.69, 9.17) is 16.3 Å². The van der Waals surface area contributed by atoms with Gasteiger partial charge in [-0.3, -0.25) is 9.59 Å². The lowest BCUT2D eigenvalue weighted by Gasteiger charge is -2.12. The first-order valence-corrected chi connectivity index (χ1v) is 14.0. The predicted molar refractivity (Wildman–Crippen MR) is 160 cm³/mol. The number of rotatable bonds is 9. The SMILES string of the molecule is CCCCc1nc2ccc(Br)cc2c(=O)n1N=Cc1cc(Cl)c(OCC(=O)Nc2ccccc2C)c(Br)c1. The summed E-state index contributed by atoms with van der Waals surface area (Å²) in [5.41, 5.74) is 2.70. The van der Waals surface area contributed by atoms with Crippen molar-refractivity contribution in [1.29, 1.82) is 0 Å². The third-order valence-electron chi connectivity index (χ3n) is 5.74. The summed E-state index contributed by atoms with van der Waals surface area (Å²) in [7, 11) is 0. The number of ether oxygens (including phenoxy) is 1. The van der Waals surface area contributed by atoms with Gasteiger partial charge in [0.15, 0.2) is 12.4 Å². The van der Waals surface area contributed by atoms with Crippen molar-refractivity contribution in [3.05, 3.63) is 95.9 Å². The van der Waals surface area contributed by atoms with Crippen molar-refractivity contribution in [2.45, 2.75) is 33.1 Å². The van der Waals surface area contributed by atoms with Gasteiger partial charge < -0.3 is 10.1 Å². The zero-order chi connectivity index (χ0) is 27.2. The lowest BCUT2D eigenvalue weighted by atomic mass is 10.2. The predicted octanol–water partition coefficient (Wildman–Crippen LogP) is 7.13. The number of aryl methyl sites for hydroxylation is 2. The molecule has 0 aliphatic carbocycles. The molecule has 0 aliphatic heterocycles. The van der Waals surface area contributed by atoms with E-state index in [1.54, 1.807) is 24.4 Å². The number of nitrogens with zero attached hydrogens (tertiary/aromatic N) is 3. The molecule has 4 aromatic rings. The van der Waals surface area contributed by atoms with Crippen molar-refractivity contribution in [1.82, 2.24) is 9.66 Å². The molecule has 0 radical (unpaired) electrons. The Bertz CT molecular complexity index is 1560. The number of carbonyl (C=O) groups excluding carboxylic acids is 1. The average molecular weight is 661 g/mol. The number of hydrogen-bond acceptors (Lipinski definition) is 5. The van der Waals surface area contributed by atoms with E-state index >= 15 is 0 Å². The van der Waals surface area contributed by atoms with E-state index in [0.29, 0.717) is 44.0 Å². The first-order valence-electron chi connectivity index (χ1n) is 12.0. The second kappa shape index (κ2) is 12.7. The largest absolute Gasteiger partial charge is 0.481 e. The van der Waals surface area contributed by atoms with Crippen LogP contribution in [0.2, 0.25) is 5.02 Å². The summed E-state index contributed by atoms with van der Waals surface area (Å²) < 4.78 is 8.38. The number of halogens is 3. The number of para-hydroxylation sites is 1. The Morgan fingerprint density at radius 2 is 1.97 bits per heavy atom. The number of aromatic nitrogens is 2. The molecule has 0 saturated carbocycles. The molecule has 10 heteroatoms. The van der Waals surface area contributed by atoms with Crippen LogP contribution in [0.4, 0.5) is 5.69 Å². The van der Waals surface area contributed by atoms with E-state index in [0.717, 1.165) is 28.6 Å². The molecule has 1 amide bonds. The lowest BCUT2D eigenvalue weighted by molar-refractivity contribution is -0.118. The summed E-state index contributed by atoms with van der Waals surface area (Å²) >= 11 is 13.4. The quantitative estimate of drug-likeness (QED) is 0.194. The summed E-state index contributed by atoms with van der Waals surface area (Å²) in [6, 6.07) is 16.3. The highest BCUT2D eigenvalue weighted by molar-refractivity contribution is 9.10. The van der Waals surface area contributed by atoms with Gasteiger partial charge in [0.25, 0.3) is 11.5 Å². The maximum Gasteiger partial charge on any atom is 0.282 e. The molecule has 0 saturated heterocycles. The topological polar surface area (TPSA) is 85.6 Å². The van der Waals surface area contributed by atoms with Gasteiger partial charge in [-0.05, 0) is 76.8 Å². The van der Waals surface area contributed by atoms with Gasteiger partial charge in [-0.2, -0.15) is 9.78 Å². The van der Waals surface area contributed by atoms with Crippen LogP contribution in [0, 0.1) is 6.92 Å². The minimum absolute atomic E-state index is 0.214. The van der Waals surface area contributed by atoms with Crippen LogP contribution in [0.15, 0.2) is 73.4 Å². The molecular formula is C28H25Br2ClN4O3. The Morgan fingerprint density at radius 1 is 1.18 bits per heavy atom. The molecule has 0 aliphatic rings. The highest BCUT2D eigenvalue weighted by atomic mass is 79.9. The third-order valence-corrected chi connectivity index (χ3v) is 7.10. The second-order valence-electron chi connectivity index (χ2n) is 8.62. The molecule has 38 heavy (non-hydrogen) atoms. The molecule has 4 rings (SSSR count). The first-order chi connectivity index (χ1) is 18.3. The molecule has 0 unspecified atom stereocenters. The second-order valence-corrected chi connectivity index (χ2v) is 10.8. The molecule has 0 atom stereocenters. The van der Waals surface area contributed by atoms with Gasteiger partial charge in [-0.1, -0.05) is 59.1 Å². The Kier molecular flexibility index (Phi) is 9.35. The Labute approximate surface area is 242 Å². The molecule has 7 nitrogen and oxygen atoms in total. The zero-order valence-electron chi connectivity index (χ0n) is 20.8. The van der Waals surface area contributed by atoms with Gasteiger partial charge in [0.05, 0.1) is 26.6 Å². The number of unbranched alkanes of at least 4 members (excludes halogenated alkanes) is 1. The van der Waals surface area contributed by atoms with Crippen LogP contribution in [-0.4, -0.2) is 28.4 Å². The van der Waals surface area contributed by atoms with Crippen molar-refractivity contribution in [2.75, 3.05) is 11.9 Å². The molecule has 1 N–H and O–H groups in total. The maximum absolute atomic E-state index is 13.3. The molecule has 1 heterocycles. The fourth-order valence-corrected chi connectivity index (χ4v) is 5.11. The van der Waals surface area contributed by atoms with Crippen LogP contribution < -0.4 is 15.6 Å². The van der Waals surface area contributed by atoms with E-state index in [1.807, 2.05) is 43.3 Å². The molecule has 0 bridgehead atoms. The van der Waals surface area contributed by atoms with Crippen LogP contribution in [0.25, 0.3) is 10.9 Å². The normalized spacial score (nSPS) is 11.3. The lowest BCUT2D eigenvalue weighted by Crippen LogP contribution is -2.22. The van der Waals surface area contributed by atoms with E-state index in [2.05, 4.69) is 54.2 Å². The van der Waals surface area contributed by atoms with Crippen LogP contribution in [-0.2, 0) is 11.2 Å². The molecule has 0 spiro atoms. The van der Waals surface area contributed by atoms with Crippen molar-refractivity contribution in [2.24, 2.45) is 5.10 Å². The number of benzene rings is 3. The zero-order valence-corrected chi connectivity index (χ0v) is 24.7. The minimum Gasteiger partial charge on any atom is -0.481 e. The summed E-state index contributed by atoms with van der Waals surface area (Å²) in [6.07, 6.45) is 4.01. The molecule has 1 aromatic heterocycles. The first kappa shape index (κ1) is 28.0. The molecule has 0 fully saturated rings. The highest BCUT2D eigenvalue weighted by Crippen LogP contribution is 2.34. The highest BCUT2D eigenvalue weighted by Gasteiger charge is 2.14. The van der Waals surface area contributed by atoms with Gasteiger partial charge in [-0.15, -0.1) is 0 Å². The standard InChI is InChI=1S/C28H25Br2ClN4O3/c1-3-4-9-25-33-24-11-10-19(29)14-20(24)28(37)35(25)32-15-18-12-21(30)27(22(31)13-18)38-16-26(36)34-23-8-6-5-7-17(23)2/h5-8,10-15H,3-4,9,16H2,1-2H3,(H,34,36). The van der Waals surface area contributed by atoms with Gasteiger partial charge in [0.2, 0.25) is 0 Å². The van der Waals surface area contributed by atoms with Crippen LogP contribution in [0.5, 0.6) is 5.75 Å². The number of hydrogen-bond donors (Lipinski definition) is 1. The Hall–Kier alpha value is -3.01. The van der Waals surface area contributed by atoms with E-state index in [9.17, 15) is 9.59 Å². The Balaban J connectivity index is 1.56. The number of amides is 1.